The Bertz CT molecular complexity index is 478. The first-order chi connectivity index (χ1) is 9.62. The Morgan fingerprint density at radius 1 is 1.30 bits per heavy atom. The van der Waals surface area contributed by atoms with E-state index in [-0.39, 0.29) is 17.4 Å². The largest absolute Gasteiger partial charge is 0.352 e. The number of nitrogens with one attached hydrogen (secondary N) is 2. The lowest BCUT2D eigenvalue weighted by molar-refractivity contribution is -0.133. The first-order valence-corrected chi connectivity index (χ1v) is 7.70. The summed E-state index contributed by atoms with van der Waals surface area (Å²) >= 11 is 0. The van der Waals surface area contributed by atoms with Gasteiger partial charge in [0.1, 0.15) is 0 Å². The van der Waals surface area contributed by atoms with E-state index in [0.717, 1.165) is 32.4 Å². The van der Waals surface area contributed by atoms with Gasteiger partial charge in [0.05, 0.1) is 5.41 Å². The van der Waals surface area contributed by atoms with Crippen molar-refractivity contribution in [2.45, 2.75) is 39.2 Å². The van der Waals surface area contributed by atoms with Gasteiger partial charge in [0.2, 0.25) is 5.91 Å². The quantitative estimate of drug-likeness (QED) is 0.882. The lowest BCUT2D eigenvalue weighted by atomic mass is 9.75. The summed E-state index contributed by atoms with van der Waals surface area (Å²) in [7, 11) is 0. The zero-order valence-corrected chi connectivity index (χ0v) is 12.4. The molecule has 0 aromatic heterocycles. The van der Waals surface area contributed by atoms with Crippen LogP contribution in [0.15, 0.2) is 24.3 Å². The number of fused-ring (bicyclic) bond motifs is 1. The van der Waals surface area contributed by atoms with Gasteiger partial charge in [0, 0.05) is 12.6 Å². The van der Waals surface area contributed by atoms with Crippen LogP contribution in [0, 0.1) is 11.3 Å². The second-order valence-electron chi connectivity index (χ2n) is 6.58. The highest BCUT2D eigenvalue weighted by atomic mass is 16.2. The Balaban J connectivity index is 1.69. The SMILES string of the molecule is CC(C)C1(C(=O)NC2Cc3ccccc3C2)CCNC1. The van der Waals surface area contributed by atoms with Crippen LogP contribution < -0.4 is 10.6 Å². The molecule has 2 aliphatic rings. The first-order valence-electron chi connectivity index (χ1n) is 7.70. The number of carbonyl (C=O) groups is 1. The van der Waals surface area contributed by atoms with E-state index in [4.69, 9.17) is 0 Å². The number of benzene rings is 1. The van der Waals surface area contributed by atoms with Crippen molar-refractivity contribution < 1.29 is 4.79 Å². The van der Waals surface area contributed by atoms with E-state index < -0.39 is 0 Å². The molecule has 1 saturated heterocycles. The molecule has 1 aromatic carbocycles. The fourth-order valence-corrected chi connectivity index (χ4v) is 3.65. The standard InChI is InChI=1S/C17H24N2O/c1-12(2)17(7-8-18-11-17)16(20)19-15-9-13-5-3-4-6-14(13)10-15/h3-6,12,15,18H,7-11H2,1-2H3,(H,19,20). The van der Waals surface area contributed by atoms with Gasteiger partial charge in [-0.25, -0.2) is 0 Å². The zero-order chi connectivity index (χ0) is 14.2. The molecule has 20 heavy (non-hydrogen) atoms. The van der Waals surface area contributed by atoms with Crippen LogP contribution in [0.3, 0.4) is 0 Å². The maximum Gasteiger partial charge on any atom is 0.228 e. The Morgan fingerprint density at radius 3 is 2.45 bits per heavy atom. The van der Waals surface area contributed by atoms with Gasteiger partial charge in [-0.15, -0.1) is 0 Å². The Labute approximate surface area is 121 Å². The van der Waals surface area contributed by atoms with Gasteiger partial charge in [-0.3, -0.25) is 4.79 Å². The van der Waals surface area contributed by atoms with Crippen LogP contribution in [0.1, 0.15) is 31.4 Å². The fourth-order valence-electron chi connectivity index (χ4n) is 3.65. The van der Waals surface area contributed by atoms with E-state index in [2.05, 4.69) is 48.7 Å². The molecule has 1 atom stereocenters. The molecule has 1 unspecified atom stereocenters. The van der Waals surface area contributed by atoms with Crippen molar-refractivity contribution >= 4 is 5.91 Å². The minimum atomic E-state index is -0.214. The molecule has 1 aliphatic carbocycles. The molecule has 3 heteroatoms. The summed E-state index contributed by atoms with van der Waals surface area (Å²) in [4.78, 5) is 12.8. The molecule has 0 radical (unpaired) electrons. The summed E-state index contributed by atoms with van der Waals surface area (Å²) in [6.07, 6.45) is 2.91. The van der Waals surface area contributed by atoms with Crippen molar-refractivity contribution in [3.63, 3.8) is 0 Å². The summed E-state index contributed by atoms with van der Waals surface area (Å²) in [5.41, 5.74) is 2.57. The van der Waals surface area contributed by atoms with Crippen LogP contribution in [0.25, 0.3) is 0 Å². The van der Waals surface area contributed by atoms with Crippen LogP contribution in [-0.2, 0) is 17.6 Å². The van der Waals surface area contributed by atoms with Crippen LogP contribution in [0.2, 0.25) is 0 Å². The van der Waals surface area contributed by atoms with Gasteiger partial charge >= 0.3 is 0 Å². The van der Waals surface area contributed by atoms with E-state index in [9.17, 15) is 4.79 Å². The monoisotopic (exact) mass is 272 g/mol. The van der Waals surface area contributed by atoms with Gasteiger partial charge in [-0.1, -0.05) is 38.1 Å². The number of carbonyl (C=O) groups excluding carboxylic acids is 1. The number of hydrogen-bond donors (Lipinski definition) is 2. The Hall–Kier alpha value is -1.35. The maximum atomic E-state index is 12.8. The van der Waals surface area contributed by atoms with Gasteiger partial charge < -0.3 is 10.6 Å². The lowest BCUT2D eigenvalue weighted by Gasteiger charge is -2.32. The third-order valence-electron chi connectivity index (χ3n) is 5.13. The van der Waals surface area contributed by atoms with Crippen LogP contribution in [0.5, 0.6) is 0 Å². The second kappa shape index (κ2) is 5.21. The molecule has 1 aliphatic heterocycles. The summed E-state index contributed by atoms with van der Waals surface area (Å²) in [6, 6.07) is 8.79. The highest BCUT2D eigenvalue weighted by Gasteiger charge is 2.44. The molecule has 108 valence electrons. The maximum absolute atomic E-state index is 12.8. The average Bonchev–Trinajstić information content (AvgIpc) is 3.05. The van der Waals surface area contributed by atoms with E-state index in [1.807, 2.05) is 0 Å². The topological polar surface area (TPSA) is 41.1 Å². The molecule has 1 amide bonds. The Morgan fingerprint density at radius 2 is 1.95 bits per heavy atom. The zero-order valence-electron chi connectivity index (χ0n) is 12.4. The highest BCUT2D eigenvalue weighted by Crippen LogP contribution is 2.35. The van der Waals surface area contributed by atoms with E-state index in [1.165, 1.54) is 11.1 Å². The van der Waals surface area contributed by atoms with E-state index in [0.29, 0.717) is 5.92 Å². The minimum absolute atomic E-state index is 0.214. The first kappa shape index (κ1) is 13.6. The predicted octanol–water partition coefficient (Wildman–Crippen LogP) is 1.91. The molecule has 0 saturated carbocycles. The summed E-state index contributed by atoms with van der Waals surface area (Å²) in [6.45, 7) is 6.10. The van der Waals surface area contributed by atoms with Crippen LogP contribution in [0.4, 0.5) is 0 Å². The molecule has 1 aromatic rings. The van der Waals surface area contributed by atoms with Gasteiger partial charge in [0.25, 0.3) is 0 Å². The molecule has 3 rings (SSSR count). The summed E-state index contributed by atoms with van der Waals surface area (Å²) < 4.78 is 0. The van der Waals surface area contributed by atoms with Crippen molar-refractivity contribution in [2.75, 3.05) is 13.1 Å². The number of amides is 1. The number of hydrogen-bond acceptors (Lipinski definition) is 2. The van der Waals surface area contributed by atoms with Crippen molar-refractivity contribution in [1.82, 2.24) is 10.6 Å². The molecule has 1 fully saturated rings. The average molecular weight is 272 g/mol. The van der Waals surface area contributed by atoms with Gasteiger partial charge in [-0.05, 0) is 42.9 Å². The Kier molecular flexibility index (Phi) is 3.55. The van der Waals surface area contributed by atoms with Crippen molar-refractivity contribution in [1.29, 1.82) is 0 Å². The lowest BCUT2D eigenvalue weighted by Crippen LogP contribution is -2.49. The van der Waals surface area contributed by atoms with Crippen molar-refractivity contribution in [2.24, 2.45) is 11.3 Å². The molecule has 0 spiro atoms. The third kappa shape index (κ3) is 2.24. The molecular formula is C17H24N2O. The second-order valence-corrected chi connectivity index (χ2v) is 6.58. The fraction of sp³-hybridized carbons (Fsp3) is 0.588. The normalized spacial score (nSPS) is 25.9. The molecular weight excluding hydrogens is 248 g/mol. The predicted molar refractivity (Wildman–Crippen MR) is 80.5 cm³/mol. The molecule has 2 N–H and O–H groups in total. The van der Waals surface area contributed by atoms with Gasteiger partial charge in [-0.2, -0.15) is 0 Å². The summed E-state index contributed by atoms with van der Waals surface area (Å²) in [5, 5.41) is 6.67. The van der Waals surface area contributed by atoms with Crippen molar-refractivity contribution in [3.8, 4) is 0 Å². The van der Waals surface area contributed by atoms with E-state index >= 15 is 0 Å². The third-order valence-corrected chi connectivity index (χ3v) is 5.13. The van der Waals surface area contributed by atoms with Crippen LogP contribution in [-0.4, -0.2) is 25.0 Å². The van der Waals surface area contributed by atoms with E-state index in [1.54, 1.807) is 0 Å². The molecule has 3 nitrogen and oxygen atoms in total. The van der Waals surface area contributed by atoms with Crippen LogP contribution >= 0.6 is 0 Å². The smallest absolute Gasteiger partial charge is 0.228 e. The van der Waals surface area contributed by atoms with Crippen molar-refractivity contribution in [3.05, 3.63) is 35.4 Å². The molecule has 1 heterocycles. The molecule has 0 bridgehead atoms. The highest BCUT2D eigenvalue weighted by molar-refractivity contribution is 5.84. The van der Waals surface area contributed by atoms with Gasteiger partial charge in [0.15, 0.2) is 0 Å². The number of rotatable bonds is 3. The minimum Gasteiger partial charge on any atom is -0.352 e. The summed E-state index contributed by atoms with van der Waals surface area (Å²) in [5.74, 6) is 0.622.